The van der Waals surface area contributed by atoms with Gasteiger partial charge in [0.25, 0.3) is 0 Å². The van der Waals surface area contributed by atoms with Crippen LogP contribution in [0.15, 0.2) is 24.3 Å². The number of ketones is 1. The molecule has 0 bridgehead atoms. The van der Waals surface area contributed by atoms with Crippen LogP contribution in [0.2, 0.25) is 0 Å². The molecule has 0 N–H and O–H groups in total. The van der Waals surface area contributed by atoms with Crippen molar-refractivity contribution in [1.29, 1.82) is 0 Å². The van der Waals surface area contributed by atoms with Gasteiger partial charge in [0, 0.05) is 44.7 Å². The lowest BCUT2D eigenvalue weighted by molar-refractivity contribution is 0.0764. The van der Waals surface area contributed by atoms with Gasteiger partial charge in [-0.25, -0.2) is 4.79 Å². The predicted octanol–water partition coefficient (Wildman–Crippen LogP) is 2.46. The first-order valence-electron chi connectivity index (χ1n) is 7.95. The van der Waals surface area contributed by atoms with Crippen molar-refractivity contribution in [2.24, 2.45) is 0 Å². The number of amides is 1. The highest BCUT2D eigenvalue weighted by atomic mass is 35.5. The van der Waals surface area contributed by atoms with Crippen LogP contribution in [0.4, 0.5) is 4.79 Å². The number of piperazine rings is 1. The Morgan fingerprint density at radius 2 is 1.71 bits per heavy atom. The molecule has 6 nitrogen and oxygen atoms in total. The molecule has 134 valence electrons. The second-order valence-electron chi connectivity index (χ2n) is 5.43. The van der Waals surface area contributed by atoms with E-state index in [1.807, 2.05) is 0 Å². The molecular formula is C17H25ClN2O4. The molecule has 7 heteroatoms. The van der Waals surface area contributed by atoms with E-state index in [2.05, 4.69) is 4.90 Å². The Labute approximate surface area is 149 Å². The van der Waals surface area contributed by atoms with Crippen molar-refractivity contribution in [1.82, 2.24) is 9.80 Å². The van der Waals surface area contributed by atoms with Crippen molar-refractivity contribution in [3.8, 4) is 5.75 Å². The summed E-state index contributed by atoms with van der Waals surface area (Å²) in [6, 6.07) is 7.18. The number of nitrogens with zero attached hydrogens (tertiary/aromatic N) is 2. The van der Waals surface area contributed by atoms with Gasteiger partial charge < -0.3 is 14.4 Å². The molecule has 1 amide bonds. The van der Waals surface area contributed by atoms with Gasteiger partial charge in [-0.3, -0.25) is 9.69 Å². The standard InChI is InChI=1S/C17H24N2O4.ClH/c1-3-23-17(21)19-12-10-18(11-13-19)9-8-16(20)14-4-6-15(22-2)7-5-14;/h4-7H,3,8-13H2,1-2H3;1H. The van der Waals surface area contributed by atoms with Gasteiger partial charge in [0.2, 0.25) is 0 Å². The van der Waals surface area contributed by atoms with Crippen LogP contribution in [-0.4, -0.2) is 68.1 Å². The molecule has 1 aliphatic heterocycles. The Morgan fingerprint density at radius 3 is 2.25 bits per heavy atom. The van der Waals surface area contributed by atoms with Gasteiger partial charge in [-0.2, -0.15) is 0 Å². The monoisotopic (exact) mass is 356 g/mol. The molecular weight excluding hydrogens is 332 g/mol. The lowest BCUT2D eigenvalue weighted by atomic mass is 10.1. The Kier molecular flexibility index (Phi) is 8.57. The second-order valence-corrected chi connectivity index (χ2v) is 5.43. The number of benzene rings is 1. The number of ether oxygens (including phenoxy) is 2. The van der Waals surface area contributed by atoms with E-state index in [9.17, 15) is 9.59 Å². The smallest absolute Gasteiger partial charge is 0.409 e. The number of hydrogen-bond donors (Lipinski definition) is 0. The zero-order valence-electron chi connectivity index (χ0n) is 14.2. The van der Waals surface area contributed by atoms with Crippen molar-refractivity contribution in [2.75, 3.05) is 46.4 Å². The first kappa shape index (κ1) is 20.3. The van der Waals surface area contributed by atoms with Crippen molar-refractivity contribution >= 4 is 24.3 Å². The number of halogens is 1. The third-order valence-electron chi connectivity index (χ3n) is 3.97. The van der Waals surface area contributed by atoms with E-state index >= 15 is 0 Å². The molecule has 0 radical (unpaired) electrons. The molecule has 1 heterocycles. The summed E-state index contributed by atoms with van der Waals surface area (Å²) in [5.41, 5.74) is 0.705. The van der Waals surface area contributed by atoms with Gasteiger partial charge in [-0.15, -0.1) is 12.4 Å². The fraction of sp³-hybridized carbons (Fsp3) is 0.529. The van der Waals surface area contributed by atoms with Crippen LogP contribution < -0.4 is 4.74 Å². The van der Waals surface area contributed by atoms with Gasteiger partial charge in [0.05, 0.1) is 13.7 Å². The molecule has 0 atom stereocenters. The van der Waals surface area contributed by atoms with Gasteiger partial charge in [0.1, 0.15) is 5.75 Å². The number of carbonyl (C=O) groups excluding carboxylic acids is 2. The van der Waals surface area contributed by atoms with E-state index in [0.717, 1.165) is 18.8 Å². The molecule has 24 heavy (non-hydrogen) atoms. The largest absolute Gasteiger partial charge is 0.497 e. The zero-order valence-corrected chi connectivity index (χ0v) is 15.0. The molecule has 0 aliphatic carbocycles. The van der Waals surface area contributed by atoms with E-state index in [-0.39, 0.29) is 24.3 Å². The quantitative estimate of drug-likeness (QED) is 0.733. The van der Waals surface area contributed by atoms with Gasteiger partial charge >= 0.3 is 6.09 Å². The average molecular weight is 357 g/mol. The number of rotatable bonds is 6. The van der Waals surface area contributed by atoms with Crippen molar-refractivity contribution < 1.29 is 19.1 Å². The highest BCUT2D eigenvalue weighted by Crippen LogP contribution is 2.13. The topological polar surface area (TPSA) is 59.1 Å². The minimum atomic E-state index is -0.249. The van der Waals surface area contributed by atoms with E-state index in [1.54, 1.807) is 43.2 Å². The molecule has 1 fully saturated rings. The van der Waals surface area contributed by atoms with E-state index in [1.165, 1.54) is 0 Å². The SMILES string of the molecule is CCOC(=O)N1CCN(CCC(=O)c2ccc(OC)cc2)CC1.Cl. The Balaban J connectivity index is 0.00000288. The summed E-state index contributed by atoms with van der Waals surface area (Å²) in [6.07, 6.45) is 0.229. The molecule has 0 saturated carbocycles. The number of carbonyl (C=O) groups is 2. The van der Waals surface area contributed by atoms with Crippen molar-refractivity contribution in [3.05, 3.63) is 29.8 Å². The van der Waals surface area contributed by atoms with Gasteiger partial charge in [-0.05, 0) is 31.2 Å². The van der Waals surface area contributed by atoms with Crippen LogP contribution in [0.3, 0.4) is 0 Å². The summed E-state index contributed by atoms with van der Waals surface area (Å²) >= 11 is 0. The molecule has 2 rings (SSSR count). The first-order valence-corrected chi connectivity index (χ1v) is 7.95. The summed E-state index contributed by atoms with van der Waals surface area (Å²) < 4.78 is 10.1. The maximum Gasteiger partial charge on any atom is 0.409 e. The van der Waals surface area contributed by atoms with E-state index in [4.69, 9.17) is 9.47 Å². The van der Waals surface area contributed by atoms with E-state index < -0.39 is 0 Å². The summed E-state index contributed by atoms with van der Waals surface area (Å²) in [5.74, 6) is 0.872. The Bertz CT molecular complexity index is 528. The van der Waals surface area contributed by atoms with Gasteiger partial charge in [-0.1, -0.05) is 0 Å². The van der Waals surface area contributed by atoms with E-state index in [0.29, 0.717) is 38.2 Å². The number of Topliss-reactive ketones (excluding diaryl/α,β-unsaturated/α-hetero) is 1. The lowest BCUT2D eigenvalue weighted by Crippen LogP contribution is -2.49. The number of hydrogen-bond acceptors (Lipinski definition) is 5. The number of methoxy groups -OCH3 is 1. The minimum Gasteiger partial charge on any atom is -0.497 e. The first-order chi connectivity index (χ1) is 11.1. The maximum atomic E-state index is 12.2. The van der Waals surface area contributed by atoms with Crippen LogP contribution in [0, 0.1) is 0 Å². The Morgan fingerprint density at radius 1 is 1.08 bits per heavy atom. The third-order valence-corrected chi connectivity index (χ3v) is 3.97. The van der Waals surface area contributed by atoms with Crippen LogP contribution in [0.5, 0.6) is 5.75 Å². The predicted molar refractivity (Wildman–Crippen MR) is 94.2 cm³/mol. The minimum absolute atomic E-state index is 0. The molecule has 0 spiro atoms. The molecule has 1 aliphatic rings. The normalized spacial score (nSPS) is 14.7. The van der Waals surface area contributed by atoms with Crippen LogP contribution in [-0.2, 0) is 4.74 Å². The van der Waals surface area contributed by atoms with Gasteiger partial charge in [0.15, 0.2) is 5.78 Å². The second kappa shape index (κ2) is 10.2. The molecule has 0 unspecified atom stereocenters. The summed E-state index contributed by atoms with van der Waals surface area (Å²) in [6.45, 7) is 5.75. The summed E-state index contributed by atoms with van der Waals surface area (Å²) in [4.78, 5) is 27.7. The summed E-state index contributed by atoms with van der Waals surface area (Å²) in [5, 5.41) is 0. The van der Waals surface area contributed by atoms with Crippen molar-refractivity contribution in [3.63, 3.8) is 0 Å². The summed E-state index contributed by atoms with van der Waals surface area (Å²) in [7, 11) is 1.60. The third kappa shape index (κ3) is 5.69. The molecule has 1 aromatic carbocycles. The lowest BCUT2D eigenvalue weighted by Gasteiger charge is -2.33. The van der Waals surface area contributed by atoms with Crippen LogP contribution in [0.1, 0.15) is 23.7 Å². The fourth-order valence-corrected chi connectivity index (χ4v) is 2.55. The molecule has 1 aromatic rings. The van der Waals surface area contributed by atoms with Crippen molar-refractivity contribution in [2.45, 2.75) is 13.3 Å². The van der Waals surface area contributed by atoms with Crippen LogP contribution in [0.25, 0.3) is 0 Å². The average Bonchev–Trinajstić information content (AvgIpc) is 2.60. The molecule has 0 aromatic heterocycles. The fourth-order valence-electron chi connectivity index (χ4n) is 2.55. The highest BCUT2D eigenvalue weighted by Gasteiger charge is 2.22. The zero-order chi connectivity index (χ0) is 16.7. The molecule has 1 saturated heterocycles. The van der Waals surface area contributed by atoms with Crippen LogP contribution >= 0.6 is 12.4 Å². The highest BCUT2D eigenvalue weighted by molar-refractivity contribution is 5.96. The Hall–Kier alpha value is -1.79. The maximum absolute atomic E-state index is 12.2.